The molecule has 0 saturated heterocycles. The standard InChI is InChI=1S/C13H26O3S/c1-2-3-4-5-6-7-8-9-10-11-12-13-17(14,15)16/h11-12H,2-10,13H2,1H3,(H,14,15,16)/b12-11+. The van der Waals surface area contributed by atoms with Gasteiger partial charge in [0.2, 0.25) is 0 Å². The number of rotatable bonds is 11. The van der Waals surface area contributed by atoms with E-state index < -0.39 is 10.1 Å². The minimum absolute atomic E-state index is 0.260. The summed E-state index contributed by atoms with van der Waals surface area (Å²) in [5, 5.41) is 0. The Morgan fingerprint density at radius 1 is 0.882 bits per heavy atom. The van der Waals surface area contributed by atoms with Gasteiger partial charge in [0.1, 0.15) is 0 Å². The molecule has 0 unspecified atom stereocenters. The Morgan fingerprint density at radius 2 is 1.41 bits per heavy atom. The van der Waals surface area contributed by atoms with Crippen molar-refractivity contribution in [2.24, 2.45) is 0 Å². The van der Waals surface area contributed by atoms with Gasteiger partial charge in [-0.3, -0.25) is 4.55 Å². The van der Waals surface area contributed by atoms with Crippen molar-refractivity contribution in [3.05, 3.63) is 12.2 Å². The molecule has 0 aliphatic carbocycles. The summed E-state index contributed by atoms with van der Waals surface area (Å²) in [7, 11) is -3.82. The van der Waals surface area contributed by atoms with E-state index in [9.17, 15) is 8.42 Å². The molecular weight excluding hydrogens is 236 g/mol. The van der Waals surface area contributed by atoms with E-state index in [-0.39, 0.29) is 5.75 Å². The van der Waals surface area contributed by atoms with E-state index in [4.69, 9.17) is 4.55 Å². The Labute approximate surface area is 106 Å². The molecule has 0 aromatic carbocycles. The summed E-state index contributed by atoms with van der Waals surface area (Å²) >= 11 is 0. The van der Waals surface area contributed by atoms with Crippen molar-refractivity contribution in [1.82, 2.24) is 0 Å². The maximum Gasteiger partial charge on any atom is 0.268 e. The molecule has 0 fully saturated rings. The fourth-order valence-electron chi connectivity index (χ4n) is 1.70. The lowest BCUT2D eigenvalue weighted by Gasteiger charge is -1.99. The highest BCUT2D eigenvalue weighted by Crippen LogP contribution is 2.09. The second-order valence-electron chi connectivity index (χ2n) is 4.48. The quantitative estimate of drug-likeness (QED) is 0.348. The largest absolute Gasteiger partial charge is 0.285 e. The summed E-state index contributed by atoms with van der Waals surface area (Å²) in [6, 6.07) is 0. The van der Waals surface area contributed by atoms with Crippen LogP contribution in [0.5, 0.6) is 0 Å². The lowest BCUT2D eigenvalue weighted by Crippen LogP contribution is -1.99. The highest BCUT2D eigenvalue weighted by Gasteiger charge is 1.98. The Balaban J connectivity index is 3.18. The van der Waals surface area contributed by atoms with Gasteiger partial charge in [0.25, 0.3) is 10.1 Å². The van der Waals surface area contributed by atoms with Crippen LogP contribution < -0.4 is 0 Å². The Kier molecular flexibility index (Phi) is 10.6. The van der Waals surface area contributed by atoms with Gasteiger partial charge in [0, 0.05) is 0 Å². The zero-order valence-electron chi connectivity index (χ0n) is 10.9. The van der Waals surface area contributed by atoms with E-state index in [0.29, 0.717) is 0 Å². The molecule has 0 amide bonds. The van der Waals surface area contributed by atoms with E-state index >= 15 is 0 Å². The Morgan fingerprint density at radius 3 is 1.94 bits per heavy atom. The zero-order valence-corrected chi connectivity index (χ0v) is 11.7. The average molecular weight is 262 g/mol. The van der Waals surface area contributed by atoms with Gasteiger partial charge in [-0.2, -0.15) is 8.42 Å². The molecule has 3 nitrogen and oxygen atoms in total. The van der Waals surface area contributed by atoms with Crippen LogP contribution in [0.15, 0.2) is 12.2 Å². The molecule has 0 rings (SSSR count). The van der Waals surface area contributed by atoms with Crippen LogP contribution in [-0.2, 0) is 10.1 Å². The highest BCUT2D eigenvalue weighted by atomic mass is 32.2. The van der Waals surface area contributed by atoms with Gasteiger partial charge in [-0.25, -0.2) is 0 Å². The van der Waals surface area contributed by atoms with Gasteiger partial charge in [-0.1, -0.05) is 64.0 Å². The first-order valence-electron chi connectivity index (χ1n) is 6.66. The van der Waals surface area contributed by atoms with Gasteiger partial charge >= 0.3 is 0 Å². The van der Waals surface area contributed by atoms with E-state index in [1.165, 1.54) is 51.0 Å². The first kappa shape index (κ1) is 16.6. The SMILES string of the molecule is CCCCCCCCCC/C=C/CS(=O)(=O)O. The molecule has 4 heteroatoms. The van der Waals surface area contributed by atoms with E-state index in [1.54, 1.807) is 0 Å². The van der Waals surface area contributed by atoms with Crippen LogP contribution in [0.3, 0.4) is 0 Å². The molecule has 0 spiro atoms. The van der Waals surface area contributed by atoms with Crippen LogP contribution in [-0.4, -0.2) is 18.7 Å². The Hall–Kier alpha value is -0.350. The monoisotopic (exact) mass is 262 g/mol. The average Bonchev–Trinajstić information content (AvgIpc) is 2.24. The molecule has 17 heavy (non-hydrogen) atoms. The second kappa shape index (κ2) is 10.8. The number of hydrogen-bond donors (Lipinski definition) is 1. The number of allylic oxidation sites excluding steroid dienone is 1. The minimum Gasteiger partial charge on any atom is -0.285 e. The van der Waals surface area contributed by atoms with Gasteiger partial charge in [0.05, 0.1) is 5.75 Å². The molecule has 0 atom stereocenters. The molecule has 0 aliphatic heterocycles. The molecule has 0 heterocycles. The molecule has 0 radical (unpaired) electrons. The van der Waals surface area contributed by atoms with Crippen LogP contribution >= 0.6 is 0 Å². The molecular formula is C13H26O3S. The Bertz CT molecular complexity index is 281. The van der Waals surface area contributed by atoms with E-state index in [1.807, 2.05) is 6.08 Å². The molecule has 0 bridgehead atoms. The zero-order chi connectivity index (χ0) is 13.0. The molecule has 102 valence electrons. The van der Waals surface area contributed by atoms with Crippen LogP contribution in [0.4, 0.5) is 0 Å². The van der Waals surface area contributed by atoms with Gasteiger partial charge in [-0.05, 0) is 12.8 Å². The third kappa shape index (κ3) is 15.6. The fraction of sp³-hybridized carbons (Fsp3) is 0.846. The fourth-order valence-corrected chi connectivity index (χ4v) is 2.08. The van der Waals surface area contributed by atoms with Crippen molar-refractivity contribution in [2.75, 3.05) is 5.75 Å². The second-order valence-corrected chi connectivity index (χ2v) is 5.98. The lowest BCUT2D eigenvalue weighted by atomic mass is 10.1. The van der Waals surface area contributed by atoms with Crippen LogP contribution in [0.25, 0.3) is 0 Å². The lowest BCUT2D eigenvalue weighted by molar-refractivity contribution is 0.486. The third-order valence-electron chi connectivity index (χ3n) is 2.70. The summed E-state index contributed by atoms with van der Waals surface area (Å²) in [6.07, 6.45) is 14.5. The first-order chi connectivity index (χ1) is 8.06. The number of unbranched alkanes of at least 4 members (excludes halogenated alkanes) is 8. The van der Waals surface area contributed by atoms with Crippen molar-refractivity contribution < 1.29 is 13.0 Å². The van der Waals surface area contributed by atoms with Gasteiger partial charge in [0.15, 0.2) is 0 Å². The summed E-state index contributed by atoms with van der Waals surface area (Å²) in [6.45, 7) is 2.22. The van der Waals surface area contributed by atoms with Crippen molar-refractivity contribution >= 4 is 10.1 Å². The topological polar surface area (TPSA) is 54.4 Å². The third-order valence-corrected chi connectivity index (χ3v) is 3.31. The van der Waals surface area contributed by atoms with Gasteiger partial charge < -0.3 is 0 Å². The summed E-state index contributed by atoms with van der Waals surface area (Å²) in [4.78, 5) is 0. The maximum atomic E-state index is 10.4. The summed E-state index contributed by atoms with van der Waals surface area (Å²) in [5.74, 6) is -0.260. The van der Waals surface area contributed by atoms with E-state index in [2.05, 4.69) is 6.92 Å². The van der Waals surface area contributed by atoms with Crippen molar-refractivity contribution in [2.45, 2.75) is 64.7 Å². The van der Waals surface area contributed by atoms with Crippen LogP contribution in [0.1, 0.15) is 64.7 Å². The minimum atomic E-state index is -3.82. The van der Waals surface area contributed by atoms with Gasteiger partial charge in [-0.15, -0.1) is 0 Å². The predicted molar refractivity (Wildman–Crippen MR) is 72.8 cm³/mol. The van der Waals surface area contributed by atoms with Crippen LogP contribution in [0.2, 0.25) is 0 Å². The van der Waals surface area contributed by atoms with Crippen molar-refractivity contribution in [3.8, 4) is 0 Å². The smallest absolute Gasteiger partial charge is 0.268 e. The summed E-state index contributed by atoms with van der Waals surface area (Å²) in [5.41, 5.74) is 0. The predicted octanol–water partition coefficient (Wildman–Crippen LogP) is 3.96. The molecule has 0 saturated carbocycles. The molecule has 0 aromatic heterocycles. The summed E-state index contributed by atoms with van der Waals surface area (Å²) < 4.78 is 29.3. The normalized spacial score (nSPS) is 12.4. The van der Waals surface area contributed by atoms with Crippen LogP contribution in [0, 0.1) is 0 Å². The van der Waals surface area contributed by atoms with Crippen molar-refractivity contribution in [3.63, 3.8) is 0 Å². The molecule has 0 aliphatic rings. The molecule has 0 aromatic rings. The highest BCUT2D eigenvalue weighted by molar-refractivity contribution is 7.85. The first-order valence-corrected chi connectivity index (χ1v) is 8.27. The van der Waals surface area contributed by atoms with Crippen molar-refractivity contribution in [1.29, 1.82) is 0 Å². The maximum absolute atomic E-state index is 10.4. The molecule has 1 N–H and O–H groups in total. The number of hydrogen-bond acceptors (Lipinski definition) is 2. The van der Waals surface area contributed by atoms with E-state index in [0.717, 1.165) is 12.8 Å².